The fourth-order valence-corrected chi connectivity index (χ4v) is 1.52. The van der Waals surface area contributed by atoms with Gasteiger partial charge in [0.15, 0.2) is 0 Å². The number of aromatic nitrogens is 1. The Hall–Kier alpha value is -1.20. The van der Waals surface area contributed by atoms with Crippen LogP contribution >= 0.6 is 0 Å². The maximum Gasteiger partial charge on any atom is 0.141 e. The quantitative estimate of drug-likeness (QED) is 0.741. The summed E-state index contributed by atoms with van der Waals surface area (Å²) in [6.45, 7) is 1.79. The molecule has 0 unspecified atom stereocenters. The Morgan fingerprint density at radius 1 is 1.56 bits per heavy atom. The minimum Gasteiger partial charge on any atom is -0.385 e. The number of rotatable bonds is 6. The first-order chi connectivity index (χ1) is 7.69. The molecule has 0 atom stereocenters. The third-order valence-electron chi connectivity index (χ3n) is 2.33. The predicted molar refractivity (Wildman–Crippen MR) is 61.8 cm³/mol. The Morgan fingerprint density at radius 3 is 2.94 bits per heavy atom. The molecule has 4 nitrogen and oxygen atoms in total. The van der Waals surface area contributed by atoms with Crippen molar-refractivity contribution in [1.82, 2.24) is 4.98 Å². The second-order valence-electron chi connectivity index (χ2n) is 3.61. The van der Waals surface area contributed by atoms with Gasteiger partial charge in [0.2, 0.25) is 0 Å². The maximum atomic E-state index is 12.9. The molecular formula is C11H18FN3O. The molecule has 1 aromatic rings. The first kappa shape index (κ1) is 12.9. The number of hydrogen-bond donors (Lipinski definition) is 1. The van der Waals surface area contributed by atoms with Crippen molar-refractivity contribution in [2.24, 2.45) is 5.73 Å². The number of nitrogens with two attached hydrogens (primary N) is 1. The van der Waals surface area contributed by atoms with E-state index in [1.54, 1.807) is 7.11 Å². The molecule has 0 saturated carbocycles. The van der Waals surface area contributed by atoms with E-state index >= 15 is 0 Å². The molecule has 16 heavy (non-hydrogen) atoms. The van der Waals surface area contributed by atoms with E-state index in [4.69, 9.17) is 10.5 Å². The van der Waals surface area contributed by atoms with Gasteiger partial charge in [-0.1, -0.05) is 0 Å². The van der Waals surface area contributed by atoms with Gasteiger partial charge in [-0.15, -0.1) is 0 Å². The van der Waals surface area contributed by atoms with E-state index < -0.39 is 0 Å². The summed E-state index contributed by atoms with van der Waals surface area (Å²) in [4.78, 5) is 6.02. The third kappa shape index (κ3) is 3.43. The van der Waals surface area contributed by atoms with Crippen molar-refractivity contribution >= 4 is 5.82 Å². The number of nitrogens with zero attached hydrogens (tertiary/aromatic N) is 2. The summed E-state index contributed by atoms with van der Waals surface area (Å²) in [5, 5.41) is 0. The van der Waals surface area contributed by atoms with E-state index in [1.807, 2.05) is 11.9 Å². The van der Waals surface area contributed by atoms with Gasteiger partial charge < -0.3 is 15.4 Å². The number of methoxy groups -OCH3 is 1. The first-order valence-corrected chi connectivity index (χ1v) is 5.23. The Bertz CT molecular complexity index is 333. The highest BCUT2D eigenvalue weighted by atomic mass is 19.1. The highest BCUT2D eigenvalue weighted by molar-refractivity contribution is 5.46. The number of ether oxygens (including phenoxy) is 1. The van der Waals surface area contributed by atoms with Crippen LogP contribution in [0.25, 0.3) is 0 Å². The Labute approximate surface area is 95.2 Å². The van der Waals surface area contributed by atoms with Gasteiger partial charge in [0, 0.05) is 39.4 Å². The number of pyridine rings is 1. The summed E-state index contributed by atoms with van der Waals surface area (Å²) in [5.41, 5.74) is 6.28. The zero-order valence-corrected chi connectivity index (χ0v) is 9.74. The third-order valence-corrected chi connectivity index (χ3v) is 2.33. The topological polar surface area (TPSA) is 51.4 Å². The lowest BCUT2D eigenvalue weighted by Gasteiger charge is -2.20. The lowest BCUT2D eigenvalue weighted by Crippen LogP contribution is -2.23. The van der Waals surface area contributed by atoms with Gasteiger partial charge >= 0.3 is 0 Å². The molecular weight excluding hydrogens is 209 g/mol. The fourth-order valence-electron chi connectivity index (χ4n) is 1.52. The van der Waals surface area contributed by atoms with Gasteiger partial charge in [-0.3, -0.25) is 0 Å². The van der Waals surface area contributed by atoms with Crippen LogP contribution in [0, 0.1) is 5.82 Å². The highest BCUT2D eigenvalue weighted by Gasteiger charge is 2.08. The average Bonchev–Trinajstić information content (AvgIpc) is 2.29. The highest BCUT2D eigenvalue weighted by Crippen LogP contribution is 2.16. The van der Waals surface area contributed by atoms with Crippen molar-refractivity contribution in [2.45, 2.75) is 13.0 Å². The smallest absolute Gasteiger partial charge is 0.141 e. The van der Waals surface area contributed by atoms with Crippen molar-refractivity contribution in [1.29, 1.82) is 0 Å². The predicted octanol–water partition coefficient (Wildman–Crippen LogP) is 1.15. The maximum absolute atomic E-state index is 12.9. The molecule has 0 bridgehead atoms. The van der Waals surface area contributed by atoms with Gasteiger partial charge in [0.1, 0.15) is 11.6 Å². The van der Waals surface area contributed by atoms with Crippen LogP contribution in [-0.2, 0) is 11.3 Å². The molecule has 0 spiro atoms. The van der Waals surface area contributed by atoms with Crippen molar-refractivity contribution in [2.75, 3.05) is 32.2 Å². The Balaban J connectivity index is 2.70. The van der Waals surface area contributed by atoms with E-state index in [9.17, 15) is 4.39 Å². The fraction of sp³-hybridized carbons (Fsp3) is 0.545. The monoisotopic (exact) mass is 227 g/mol. The van der Waals surface area contributed by atoms with Crippen LogP contribution in [0.2, 0.25) is 0 Å². The van der Waals surface area contributed by atoms with Crippen LogP contribution in [0.1, 0.15) is 12.0 Å². The minimum atomic E-state index is -0.352. The molecule has 0 saturated heterocycles. The molecule has 1 heterocycles. The molecule has 0 radical (unpaired) electrons. The van der Waals surface area contributed by atoms with Gasteiger partial charge in [-0.05, 0) is 12.5 Å². The first-order valence-electron chi connectivity index (χ1n) is 5.23. The number of hydrogen-bond acceptors (Lipinski definition) is 4. The summed E-state index contributed by atoms with van der Waals surface area (Å²) in [7, 11) is 3.58. The van der Waals surface area contributed by atoms with Gasteiger partial charge in [-0.25, -0.2) is 9.37 Å². The van der Waals surface area contributed by atoms with E-state index in [0.717, 1.165) is 24.3 Å². The summed E-state index contributed by atoms with van der Waals surface area (Å²) in [5.74, 6) is 0.384. The molecule has 0 aliphatic rings. The van der Waals surface area contributed by atoms with Gasteiger partial charge in [0.05, 0.1) is 6.20 Å². The second-order valence-corrected chi connectivity index (χ2v) is 3.61. The minimum absolute atomic E-state index is 0.286. The van der Waals surface area contributed by atoms with Crippen LogP contribution in [0.3, 0.4) is 0 Å². The molecule has 0 amide bonds. The van der Waals surface area contributed by atoms with Crippen LogP contribution in [0.5, 0.6) is 0 Å². The summed E-state index contributed by atoms with van der Waals surface area (Å²) in [6, 6.07) is 1.43. The molecule has 0 aromatic carbocycles. The van der Waals surface area contributed by atoms with E-state index in [2.05, 4.69) is 4.98 Å². The Kier molecular flexibility index (Phi) is 5.14. The molecule has 0 aliphatic heterocycles. The number of anilines is 1. The van der Waals surface area contributed by atoms with Crippen molar-refractivity contribution in [3.8, 4) is 0 Å². The lowest BCUT2D eigenvalue weighted by molar-refractivity contribution is 0.196. The Morgan fingerprint density at radius 2 is 2.31 bits per heavy atom. The molecule has 1 aromatic heterocycles. The largest absolute Gasteiger partial charge is 0.385 e. The van der Waals surface area contributed by atoms with E-state index in [1.165, 1.54) is 12.3 Å². The SMILES string of the molecule is COCCCN(C)c1ncc(F)cc1CN. The molecule has 90 valence electrons. The average molecular weight is 227 g/mol. The summed E-state index contributed by atoms with van der Waals surface area (Å²) in [6.07, 6.45) is 2.11. The van der Waals surface area contributed by atoms with Crippen molar-refractivity contribution in [3.05, 3.63) is 23.6 Å². The van der Waals surface area contributed by atoms with Gasteiger partial charge in [-0.2, -0.15) is 0 Å². The normalized spacial score (nSPS) is 10.5. The van der Waals surface area contributed by atoms with Crippen molar-refractivity contribution < 1.29 is 9.13 Å². The molecule has 1 rings (SSSR count). The van der Waals surface area contributed by atoms with Crippen LogP contribution < -0.4 is 10.6 Å². The number of halogens is 1. The summed E-state index contributed by atoms with van der Waals surface area (Å²) < 4.78 is 17.9. The molecule has 0 fully saturated rings. The van der Waals surface area contributed by atoms with Crippen LogP contribution in [0.4, 0.5) is 10.2 Å². The standard InChI is InChI=1S/C11H18FN3O/c1-15(4-3-5-16-2)11-9(7-13)6-10(12)8-14-11/h6,8H,3-5,7,13H2,1-2H3. The van der Waals surface area contributed by atoms with E-state index in [-0.39, 0.29) is 12.4 Å². The zero-order valence-electron chi connectivity index (χ0n) is 9.74. The second kappa shape index (κ2) is 6.40. The summed E-state index contributed by atoms with van der Waals surface area (Å²) >= 11 is 0. The molecule has 5 heteroatoms. The van der Waals surface area contributed by atoms with Crippen LogP contribution in [-0.4, -0.2) is 32.3 Å². The van der Waals surface area contributed by atoms with Gasteiger partial charge in [0.25, 0.3) is 0 Å². The van der Waals surface area contributed by atoms with Crippen LogP contribution in [0.15, 0.2) is 12.3 Å². The zero-order chi connectivity index (χ0) is 12.0. The van der Waals surface area contributed by atoms with E-state index in [0.29, 0.717) is 6.61 Å². The molecule has 0 aliphatic carbocycles. The van der Waals surface area contributed by atoms with Crippen molar-refractivity contribution in [3.63, 3.8) is 0 Å². The lowest BCUT2D eigenvalue weighted by atomic mass is 10.2. The molecule has 2 N–H and O–H groups in total.